The zero-order chi connectivity index (χ0) is 21.9. The van der Waals surface area contributed by atoms with Crippen molar-refractivity contribution >= 4 is 21.8 Å². The quantitative estimate of drug-likeness (QED) is 0.713. The molecule has 0 aliphatic carbocycles. The third-order valence-corrected chi connectivity index (χ3v) is 6.50. The molecule has 3 rings (SSSR count). The van der Waals surface area contributed by atoms with Crippen molar-refractivity contribution in [3.63, 3.8) is 0 Å². The van der Waals surface area contributed by atoms with Gasteiger partial charge in [0.15, 0.2) is 0 Å². The summed E-state index contributed by atoms with van der Waals surface area (Å²) < 4.78 is 64.0. The first-order valence-electron chi connectivity index (χ1n) is 8.97. The van der Waals surface area contributed by atoms with Gasteiger partial charge in [0.05, 0.1) is 10.5 Å². The summed E-state index contributed by atoms with van der Waals surface area (Å²) in [6.45, 7) is 0.918. The Labute approximate surface area is 170 Å². The van der Waals surface area contributed by atoms with Crippen molar-refractivity contribution in [3.05, 3.63) is 65.2 Å². The molecule has 1 saturated heterocycles. The number of rotatable bonds is 4. The fourth-order valence-electron chi connectivity index (χ4n) is 2.92. The van der Waals surface area contributed by atoms with Gasteiger partial charge >= 0.3 is 6.18 Å². The second-order valence-electron chi connectivity index (χ2n) is 6.62. The van der Waals surface area contributed by atoms with Gasteiger partial charge in [-0.25, -0.2) is 8.42 Å². The van der Waals surface area contributed by atoms with Gasteiger partial charge in [-0.05, 0) is 61.4 Å². The lowest BCUT2D eigenvalue weighted by Gasteiger charge is -2.15. The van der Waals surface area contributed by atoms with Gasteiger partial charge in [0.25, 0.3) is 11.8 Å². The van der Waals surface area contributed by atoms with Crippen LogP contribution in [0.25, 0.3) is 0 Å². The lowest BCUT2D eigenvalue weighted by Crippen LogP contribution is -2.41. The summed E-state index contributed by atoms with van der Waals surface area (Å²) in [5, 5.41) is 0. The van der Waals surface area contributed by atoms with Crippen LogP contribution in [0.5, 0.6) is 0 Å². The molecule has 2 aromatic carbocycles. The van der Waals surface area contributed by atoms with Crippen LogP contribution in [0.3, 0.4) is 0 Å². The lowest BCUT2D eigenvalue weighted by atomic mass is 10.1. The second kappa shape index (κ2) is 8.44. The predicted molar refractivity (Wildman–Crippen MR) is 101 cm³/mol. The summed E-state index contributed by atoms with van der Waals surface area (Å²) in [5.41, 5.74) is 3.36. The van der Waals surface area contributed by atoms with E-state index in [0.717, 1.165) is 37.1 Å². The number of benzene rings is 2. The third-order valence-electron chi connectivity index (χ3n) is 4.58. The number of nitrogens with zero attached hydrogens (tertiary/aromatic N) is 1. The first-order valence-corrected chi connectivity index (χ1v) is 10.4. The van der Waals surface area contributed by atoms with Crippen LogP contribution in [0.4, 0.5) is 13.2 Å². The maximum atomic E-state index is 12.6. The molecule has 0 unspecified atom stereocenters. The molecule has 11 heteroatoms. The molecule has 1 aliphatic heterocycles. The first-order chi connectivity index (χ1) is 14.1. The van der Waals surface area contributed by atoms with Crippen molar-refractivity contribution in [2.24, 2.45) is 0 Å². The molecule has 0 aromatic heterocycles. The van der Waals surface area contributed by atoms with E-state index >= 15 is 0 Å². The number of hydrogen-bond donors (Lipinski definition) is 2. The lowest BCUT2D eigenvalue weighted by molar-refractivity contribution is -0.137. The molecule has 7 nitrogen and oxygen atoms in total. The Balaban J connectivity index is 1.60. The maximum absolute atomic E-state index is 12.6. The third kappa shape index (κ3) is 4.79. The van der Waals surface area contributed by atoms with Crippen molar-refractivity contribution in [2.45, 2.75) is 23.9 Å². The topological polar surface area (TPSA) is 95.6 Å². The highest BCUT2D eigenvalue weighted by molar-refractivity contribution is 7.89. The molecule has 0 radical (unpaired) electrons. The van der Waals surface area contributed by atoms with E-state index in [1.807, 2.05) is 0 Å². The Kier molecular flexibility index (Phi) is 6.13. The van der Waals surface area contributed by atoms with Gasteiger partial charge in [0.2, 0.25) is 10.0 Å². The minimum absolute atomic E-state index is 0.0646. The summed E-state index contributed by atoms with van der Waals surface area (Å²) in [6.07, 6.45) is -2.91. The SMILES string of the molecule is O=C(NNC(=O)c1ccc(S(=O)(=O)N2CCCC2)cc1)c1ccc(C(F)(F)F)cc1. The summed E-state index contributed by atoms with van der Waals surface area (Å²) >= 11 is 0. The summed E-state index contributed by atoms with van der Waals surface area (Å²) in [5.74, 6) is -1.51. The summed E-state index contributed by atoms with van der Waals surface area (Å²) in [6, 6.07) is 8.73. The number of carbonyl (C=O) groups excluding carboxylic acids is 2. The Morgan fingerprint density at radius 3 is 1.67 bits per heavy atom. The number of halogens is 3. The van der Waals surface area contributed by atoms with E-state index < -0.39 is 33.6 Å². The highest BCUT2D eigenvalue weighted by atomic mass is 32.2. The molecule has 2 amide bonds. The van der Waals surface area contributed by atoms with Crippen LogP contribution in [0.1, 0.15) is 39.1 Å². The van der Waals surface area contributed by atoms with Gasteiger partial charge in [-0.2, -0.15) is 17.5 Å². The van der Waals surface area contributed by atoms with Crippen LogP contribution in [0, 0.1) is 0 Å². The van der Waals surface area contributed by atoms with Crippen molar-refractivity contribution in [2.75, 3.05) is 13.1 Å². The van der Waals surface area contributed by atoms with E-state index in [4.69, 9.17) is 0 Å². The van der Waals surface area contributed by atoms with Gasteiger partial charge in [0.1, 0.15) is 0 Å². The Hall–Kier alpha value is -2.92. The average Bonchev–Trinajstić information content (AvgIpc) is 3.27. The smallest absolute Gasteiger partial charge is 0.267 e. The highest BCUT2D eigenvalue weighted by Crippen LogP contribution is 2.29. The number of hydrazine groups is 1. The van der Waals surface area contributed by atoms with E-state index in [-0.39, 0.29) is 16.0 Å². The predicted octanol–water partition coefficient (Wildman–Crippen LogP) is 2.56. The second-order valence-corrected chi connectivity index (χ2v) is 8.56. The van der Waals surface area contributed by atoms with Crippen molar-refractivity contribution < 1.29 is 31.2 Å². The Morgan fingerprint density at radius 1 is 0.800 bits per heavy atom. The van der Waals surface area contributed by atoms with Gasteiger partial charge < -0.3 is 0 Å². The Bertz CT molecular complexity index is 1030. The van der Waals surface area contributed by atoms with Crippen LogP contribution in [0.15, 0.2) is 53.4 Å². The van der Waals surface area contributed by atoms with Gasteiger partial charge in [-0.15, -0.1) is 0 Å². The molecular formula is C19H18F3N3O4S. The van der Waals surface area contributed by atoms with E-state index in [1.54, 1.807) is 0 Å². The van der Waals surface area contributed by atoms with E-state index in [0.29, 0.717) is 13.1 Å². The number of alkyl halides is 3. The monoisotopic (exact) mass is 441 g/mol. The number of sulfonamides is 1. The van der Waals surface area contributed by atoms with E-state index in [2.05, 4.69) is 10.9 Å². The van der Waals surface area contributed by atoms with Crippen molar-refractivity contribution in [1.29, 1.82) is 0 Å². The highest BCUT2D eigenvalue weighted by Gasteiger charge is 2.30. The molecule has 1 heterocycles. The number of carbonyl (C=O) groups is 2. The molecule has 0 saturated carbocycles. The molecule has 1 aliphatic rings. The fourth-order valence-corrected chi connectivity index (χ4v) is 4.44. The molecule has 30 heavy (non-hydrogen) atoms. The normalized spacial score (nSPS) is 15.0. The maximum Gasteiger partial charge on any atom is 0.416 e. The Morgan fingerprint density at radius 2 is 1.23 bits per heavy atom. The van der Waals surface area contributed by atoms with Crippen LogP contribution in [-0.2, 0) is 16.2 Å². The molecule has 0 spiro atoms. The van der Waals surface area contributed by atoms with Gasteiger partial charge in [-0.3, -0.25) is 20.4 Å². The van der Waals surface area contributed by atoms with E-state index in [9.17, 15) is 31.2 Å². The number of amides is 2. The fraction of sp³-hybridized carbons (Fsp3) is 0.263. The summed E-state index contributed by atoms with van der Waals surface area (Å²) in [7, 11) is -3.61. The largest absolute Gasteiger partial charge is 0.416 e. The average molecular weight is 441 g/mol. The zero-order valence-corrected chi connectivity index (χ0v) is 16.4. The molecular weight excluding hydrogens is 423 g/mol. The number of hydrogen-bond acceptors (Lipinski definition) is 4. The van der Waals surface area contributed by atoms with Gasteiger partial charge in [0, 0.05) is 24.2 Å². The van der Waals surface area contributed by atoms with Crippen LogP contribution >= 0.6 is 0 Å². The van der Waals surface area contributed by atoms with Crippen LogP contribution in [-0.4, -0.2) is 37.6 Å². The van der Waals surface area contributed by atoms with Crippen molar-refractivity contribution in [1.82, 2.24) is 15.2 Å². The minimum Gasteiger partial charge on any atom is -0.267 e. The molecule has 1 fully saturated rings. The van der Waals surface area contributed by atoms with E-state index in [1.165, 1.54) is 28.6 Å². The molecule has 2 N–H and O–H groups in total. The molecule has 0 bridgehead atoms. The molecule has 160 valence electrons. The standard InChI is InChI=1S/C19H18F3N3O4S/c20-19(21,22)15-7-3-13(4-8-15)17(26)23-24-18(27)14-5-9-16(10-6-14)30(28,29)25-11-1-2-12-25/h3-10H,1-2,11-12H2,(H,23,26)(H,24,27). The first kappa shape index (κ1) is 21.8. The molecule has 2 aromatic rings. The minimum atomic E-state index is -4.52. The zero-order valence-electron chi connectivity index (χ0n) is 15.6. The van der Waals surface area contributed by atoms with Crippen molar-refractivity contribution in [3.8, 4) is 0 Å². The van der Waals surface area contributed by atoms with Gasteiger partial charge in [-0.1, -0.05) is 0 Å². The summed E-state index contributed by atoms with van der Waals surface area (Å²) in [4.78, 5) is 24.2. The molecule has 0 atom stereocenters. The van der Waals surface area contributed by atoms with Crippen LogP contribution in [0.2, 0.25) is 0 Å². The number of nitrogens with one attached hydrogen (secondary N) is 2. The van der Waals surface area contributed by atoms with Crippen LogP contribution < -0.4 is 10.9 Å².